The van der Waals surface area contributed by atoms with Gasteiger partial charge in [0, 0.05) is 140 Å². The fraction of sp³-hybridized carbons (Fsp3) is 0.353. The summed E-state index contributed by atoms with van der Waals surface area (Å²) in [6.45, 7) is 30.5. The molecule has 0 radical (unpaired) electrons. The number of hydrogen-bond acceptors (Lipinski definition) is 23. The molecule has 3 aliphatic heterocycles. The van der Waals surface area contributed by atoms with Crippen LogP contribution in [0.4, 0.5) is 59.0 Å². The van der Waals surface area contributed by atoms with Crippen LogP contribution in [0, 0.1) is 0 Å². The van der Waals surface area contributed by atoms with E-state index >= 15 is 0 Å². The van der Waals surface area contributed by atoms with Crippen molar-refractivity contribution in [3.05, 3.63) is 211 Å². The molecule has 28 heteroatoms. The largest absolute Gasteiger partial charge is 0.477 e. The number of nitrogen functional groups attached to an aromatic ring is 2. The lowest BCUT2D eigenvalue weighted by Gasteiger charge is -2.36. The number of carbonyl (C=O) groups is 7. The van der Waals surface area contributed by atoms with Gasteiger partial charge < -0.3 is 65.3 Å². The third-order valence-corrected chi connectivity index (χ3v) is 17.4. The highest BCUT2D eigenvalue weighted by atomic mass is 16.6. The number of aromatic carboxylic acids is 1. The molecule has 3 aliphatic rings. The first-order valence-corrected chi connectivity index (χ1v) is 37.3. The molecule has 28 nitrogen and oxygen atoms in total. The molecule has 0 unspecified atom stereocenters. The van der Waals surface area contributed by atoms with Gasteiger partial charge in [0.2, 0.25) is 0 Å². The zero-order chi connectivity index (χ0) is 81.6. The number of ketones is 2. The van der Waals surface area contributed by atoms with Crippen LogP contribution in [0.25, 0.3) is 33.4 Å². The topological polar surface area (TPSA) is 358 Å². The van der Waals surface area contributed by atoms with Crippen molar-refractivity contribution in [3.63, 3.8) is 0 Å². The Bertz CT molecular complexity index is 4690. The first kappa shape index (κ1) is 84.4. The van der Waals surface area contributed by atoms with E-state index in [9.17, 15) is 33.6 Å². The number of rotatable bonds is 15. The van der Waals surface area contributed by atoms with E-state index in [4.69, 9.17) is 35.5 Å². The molecule has 8 N–H and O–H groups in total. The predicted molar refractivity (Wildman–Crippen MR) is 438 cm³/mol. The minimum Gasteiger partial charge on any atom is -0.477 e. The number of piperazine rings is 3. The molecule has 9 aromatic rings. The van der Waals surface area contributed by atoms with E-state index in [0.29, 0.717) is 92.1 Å². The second-order valence-corrected chi connectivity index (χ2v) is 30.9. The van der Waals surface area contributed by atoms with Crippen LogP contribution >= 0.6 is 0 Å². The van der Waals surface area contributed by atoms with Gasteiger partial charge in [-0.3, -0.25) is 45.1 Å². The van der Waals surface area contributed by atoms with Crippen LogP contribution in [0.15, 0.2) is 183 Å². The van der Waals surface area contributed by atoms with E-state index < -0.39 is 40.6 Å². The van der Waals surface area contributed by atoms with Gasteiger partial charge in [0.25, 0.3) is 0 Å². The van der Waals surface area contributed by atoms with Crippen LogP contribution in [-0.4, -0.2) is 188 Å². The molecule has 3 saturated heterocycles. The van der Waals surface area contributed by atoms with Crippen LogP contribution in [0.3, 0.4) is 0 Å². The van der Waals surface area contributed by atoms with Gasteiger partial charge in [-0.2, -0.15) is 0 Å². The lowest BCUT2D eigenvalue weighted by Crippen LogP contribution is -2.50. The first-order chi connectivity index (χ1) is 53.6. The third-order valence-electron chi connectivity index (χ3n) is 17.4. The van der Waals surface area contributed by atoms with Gasteiger partial charge in [-0.25, -0.2) is 29.0 Å². The third kappa shape index (κ3) is 26.6. The number of Topliss-reactive ketones (excluding diaryl/α,β-unsaturated/α-hetero) is 2. The molecular formula is C85H102N16O12. The van der Waals surface area contributed by atoms with Gasteiger partial charge in [-0.05, 0) is 237 Å². The average Bonchev–Trinajstić information content (AvgIpc) is 0.815. The van der Waals surface area contributed by atoms with Gasteiger partial charge in [0.15, 0.2) is 11.6 Å². The zero-order valence-electron chi connectivity index (χ0n) is 66.2. The van der Waals surface area contributed by atoms with Gasteiger partial charge in [-0.15, -0.1) is 0 Å². The fourth-order valence-electron chi connectivity index (χ4n) is 11.9. The maximum Gasteiger partial charge on any atom is 0.412 e. The van der Waals surface area contributed by atoms with Crippen molar-refractivity contribution >= 4 is 81.7 Å². The number of nitrogens with two attached hydrogens (primary N) is 2. The fourth-order valence-corrected chi connectivity index (χ4v) is 11.9. The van der Waals surface area contributed by atoms with Gasteiger partial charge in [-0.1, -0.05) is 18.2 Å². The standard InChI is InChI=1S/C32H39N5O5.C22H23N5O.C16H19N3O2.C15H21N3O4/c1-31(2,3)41-29(39)35-26-9-7-23(22-11-13-33-14-12-22)19-24(26)20-28(38)27-10-8-25(21-34-27)36-15-17-37(18-16-36)30(40)42-32(4,5)6;23-20-3-1-17(16-5-7-24-8-6-16)13-18(20)14-22(28)21-4-2-19(15-26-21)27-11-9-25-10-12-27;1-16(2,3)21-15(20)19-14-5-4-12(10-13(14)17)11-6-8-18-9-7-11;1-15(2,3)22-14(21)18-8-6-17(7-9-18)11-4-5-12(13(19)20)16-10-11/h7-14,19,21H,15-18,20H2,1-6H3,(H,35,39);1-8,13,15,25H,9-12,14,23H2;4-10H,17H2,1-3H3,(H,19,20);4-5,10H,6-9H2,1-3H3,(H,19,20). The normalized spacial score (nSPS) is 13.7. The number of hydrogen-bond donors (Lipinski definition) is 6. The van der Waals surface area contributed by atoms with Crippen molar-refractivity contribution in [2.24, 2.45) is 0 Å². The number of nitrogens with one attached hydrogen (secondary N) is 3. The number of carboxylic acid groups (broad SMARTS) is 1. The molecule has 0 aliphatic carbocycles. The molecule has 3 fully saturated rings. The van der Waals surface area contributed by atoms with Crippen LogP contribution in [0.1, 0.15) is 126 Å². The van der Waals surface area contributed by atoms with Crippen molar-refractivity contribution in [1.29, 1.82) is 0 Å². The quantitative estimate of drug-likeness (QED) is 0.0315. The van der Waals surface area contributed by atoms with E-state index in [1.165, 1.54) is 6.07 Å². The first-order valence-electron chi connectivity index (χ1n) is 37.3. The number of carboxylic acids is 1. The molecule has 9 heterocycles. The monoisotopic (exact) mass is 1540 g/mol. The Hall–Kier alpha value is -12.6. The lowest BCUT2D eigenvalue weighted by molar-refractivity contribution is 0.0230. The number of pyridine rings is 6. The number of ether oxygens (including phenoxy) is 4. The number of anilines is 7. The predicted octanol–water partition coefficient (Wildman–Crippen LogP) is 14.0. The Morgan fingerprint density at radius 3 is 1.11 bits per heavy atom. The number of nitrogens with zero attached hydrogens (tertiary/aromatic N) is 11. The summed E-state index contributed by atoms with van der Waals surface area (Å²) in [6.07, 6.45) is 13.9. The summed E-state index contributed by atoms with van der Waals surface area (Å²) in [5.74, 6) is -1.26. The van der Waals surface area contributed by atoms with E-state index in [2.05, 4.69) is 60.6 Å². The van der Waals surface area contributed by atoms with Crippen molar-refractivity contribution < 1.29 is 57.6 Å². The van der Waals surface area contributed by atoms with Crippen molar-refractivity contribution in [2.75, 3.05) is 115 Å². The molecule has 0 bridgehead atoms. The lowest BCUT2D eigenvalue weighted by atomic mass is 9.98. The van der Waals surface area contributed by atoms with Crippen LogP contribution in [0.5, 0.6) is 0 Å². The summed E-state index contributed by atoms with van der Waals surface area (Å²) in [6, 6.07) is 38.8. The summed E-state index contributed by atoms with van der Waals surface area (Å²) in [7, 11) is 0. The van der Waals surface area contributed by atoms with Crippen molar-refractivity contribution in [2.45, 2.75) is 118 Å². The maximum atomic E-state index is 13.4. The number of amides is 4. The Morgan fingerprint density at radius 2 is 0.735 bits per heavy atom. The van der Waals surface area contributed by atoms with E-state index in [-0.39, 0.29) is 42.3 Å². The SMILES string of the molecule is CC(C)(C)OC(=O)N1CCN(c2ccc(C(=O)O)nc2)CC1.CC(C)(C)OC(=O)Nc1ccc(-c2ccncc2)cc1CC(=O)c1ccc(N2CCN(C(=O)OC(C)(C)C)CC2)cn1.CC(C)(C)OC(=O)Nc1ccc(-c2ccncc2)cc1N.Nc1ccc(-c2ccncc2)cc1CC(=O)c1ccc(N2CCNCC2)cn1. The molecule has 113 heavy (non-hydrogen) atoms. The van der Waals surface area contributed by atoms with Crippen LogP contribution < -0.4 is 42.1 Å². The van der Waals surface area contributed by atoms with E-state index in [1.807, 2.05) is 159 Å². The summed E-state index contributed by atoms with van der Waals surface area (Å²) in [5, 5.41) is 17.6. The summed E-state index contributed by atoms with van der Waals surface area (Å²) < 4.78 is 21.5. The van der Waals surface area contributed by atoms with Gasteiger partial charge in [0.05, 0.1) is 47.0 Å². The minimum atomic E-state index is -1.04. The Kier molecular flexibility index (Phi) is 28.7. The number of carbonyl (C=O) groups excluding carboxylic acids is 6. The Morgan fingerprint density at radius 1 is 0.389 bits per heavy atom. The molecule has 594 valence electrons. The van der Waals surface area contributed by atoms with E-state index in [0.717, 1.165) is 82.2 Å². The molecule has 3 aromatic carbocycles. The van der Waals surface area contributed by atoms with Crippen molar-refractivity contribution in [3.8, 4) is 33.4 Å². The number of aromatic nitrogens is 6. The molecule has 4 amide bonds. The van der Waals surface area contributed by atoms with Crippen molar-refractivity contribution in [1.82, 2.24) is 45.0 Å². The van der Waals surface area contributed by atoms with E-state index in [1.54, 1.807) is 111 Å². The smallest absolute Gasteiger partial charge is 0.412 e. The summed E-state index contributed by atoms with van der Waals surface area (Å²) >= 11 is 0. The molecule has 0 saturated carbocycles. The molecule has 12 rings (SSSR count). The Labute approximate surface area is 659 Å². The van der Waals surface area contributed by atoms with Gasteiger partial charge >= 0.3 is 30.3 Å². The zero-order valence-corrected chi connectivity index (χ0v) is 66.2. The minimum absolute atomic E-state index is 0.0242. The molecule has 6 aromatic heterocycles. The second kappa shape index (κ2) is 38.4. The highest BCUT2D eigenvalue weighted by Gasteiger charge is 2.29. The number of benzene rings is 3. The van der Waals surface area contributed by atoms with Crippen LogP contribution in [0.2, 0.25) is 0 Å². The van der Waals surface area contributed by atoms with Gasteiger partial charge in [0.1, 0.15) is 39.5 Å². The summed E-state index contributed by atoms with van der Waals surface area (Å²) in [5.41, 5.74) is 22.9. The highest BCUT2D eigenvalue weighted by molar-refractivity contribution is 5.99. The maximum absolute atomic E-state index is 13.4. The molecular weight excluding hydrogens is 1440 g/mol. The molecule has 0 spiro atoms. The highest BCUT2D eigenvalue weighted by Crippen LogP contribution is 2.31. The molecule has 0 atom stereocenters. The van der Waals surface area contributed by atoms with Crippen LogP contribution in [-0.2, 0) is 31.8 Å². The summed E-state index contributed by atoms with van der Waals surface area (Å²) in [4.78, 5) is 120. The second-order valence-electron chi connectivity index (χ2n) is 30.9. The Balaban J connectivity index is 0.000000180. The average molecular weight is 1540 g/mol.